The summed E-state index contributed by atoms with van der Waals surface area (Å²) in [7, 11) is 0. The van der Waals surface area contributed by atoms with Crippen LogP contribution in [0.4, 0.5) is 13.2 Å². The first-order valence-electron chi connectivity index (χ1n) is 6.40. The van der Waals surface area contributed by atoms with Gasteiger partial charge in [0.1, 0.15) is 0 Å². The molecule has 0 aliphatic rings. The molecule has 21 heavy (non-hydrogen) atoms. The Labute approximate surface area is 129 Å². The lowest BCUT2D eigenvalue weighted by Crippen LogP contribution is -2.34. The second-order valence-electron chi connectivity index (χ2n) is 5.52. The summed E-state index contributed by atoms with van der Waals surface area (Å²) in [5, 5.41) is 12.4. The highest BCUT2D eigenvalue weighted by molar-refractivity contribution is 9.09. The van der Waals surface area contributed by atoms with Crippen LogP contribution < -0.4 is 5.32 Å². The third kappa shape index (κ3) is 4.62. The van der Waals surface area contributed by atoms with Gasteiger partial charge in [0.15, 0.2) is 17.4 Å². The molecule has 1 aromatic carbocycles. The van der Waals surface area contributed by atoms with E-state index in [0.717, 1.165) is 18.2 Å². The first-order chi connectivity index (χ1) is 9.69. The normalized spacial score (nSPS) is 11.5. The van der Waals surface area contributed by atoms with Crippen molar-refractivity contribution >= 4 is 21.8 Å². The standard InChI is InChI=1S/C14H17BrF3NO2/c1-14(2,4-3-5-15)7-19-13(21)8-6-9(16)11(18)12(20)10(8)17/h6,20H,3-5,7H2,1-2H3,(H,19,21). The predicted octanol–water partition coefficient (Wildman–Crippen LogP) is 3.74. The van der Waals surface area contributed by atoms with E-state index >= 15 is 0 Å². The van der Waals surface area contributed by atoms with Gasteiger partial charge in [0, 0.05) is 11.9 Å². The van der Waals surface area contributed by atoms with E-state index in [1.807, 2.05) is 13.8 Å². The van der Waals surface area contributed by atoms with E-state index in [1.54, 1.807) is 0 Å². The van der Waals surface area contributed by atoms with Gasteiger partial charge in [0.25, 0.3) is 5.91 Å². The topological polar surface area (TPSA) is 49.3 Å². The average Bonchev–Trinajstić information content (AvgIpc) is 2.44. The first kappa shape index (κ1) is 17.8. The zero-order valence-corrected chi connectivity index (χ0v) is 13.4. The Morgan fingerprint density at radius 1 is 1.33 bits per heavy atom. The Kier molecular flexibility index (Phi) is 6.07. The molecular formula is C14H17BrF3NO2. The first-order valence-corrected chi connectivity index (χ1v) is 7.52. The Bertz CT molecular complexity index is 535. The summed E-state index contributed by atoms with van der Waals surface area (Å²) in [5.41, 5.74) is -0.941. The molecule has 0 aliphatic carbocycles. The quantitative estimate of drug-likeness (QED) is 0.594. The predicted molar refractivity (Wildman–Crippen MR) is 77.1 cm³/mol. The highest BCUT2D eigenvalue weighted by Crippen LogP contribution is 2.26. The van der Waals surface area contributed by atoms with Crippen LogP contribution >= 0.6 is 15.9 Å². The van der Waals surface area contributed by atoms with Crippen molar-refractivity contribution in [2.75, 3.05) is 11.9 Å². The van der Waals surface area contributed by atoms with Crippen LogP contribution in [-0.2, 0) is 0 Å². The number of aromatic hydroxyl groups is 1. The fraction of sp³-hybridized carbons (Fsp3) is 0.500. The number of phenolic OH excluding ortho intramolecular Hbond substituents is 1. The molecule has 1 rings (SSSR count). The summed E-state index contributed by atoms with van der Waals surface area (Å²) in [5.74, 6) is -7.03. The monoisotopic (exact) mass is 367 g/mol. The van der Waals surface area contributed by atoms with Gasteiger partial charge in [-0.25, -0.2) is 8.78 Å². The van der Waals surface area contributed by atoms with Gasteiger partial charge in [0.05, 0.1) is 5.56 Å². The van der Waals surface area contributed by atoms with Crippen LogP contribution in [0.1, 0.15) is 37.0 Å². The van der Waals surface area contributed by atoms with E-state index in [2.05, 4.69) is 21.2 Å². The lowest BCUT2D eigenvalue weighted by molar-refractivity contribution is 0.0928. The van der Waals surface area contributed by atoms with E-state index in [-0.39, 0.29) is 12.0 Å². The number of hydrogen-bond donors (Lipinski definition) is 2. The zero-order chi connectivity index (χ0) is 16.2. The molecule has 0 fully saturated rings. The van der Waals surface area contributed by atoms with Crippen molar-refractivity contribution in [2.45, 2.75) is 26.7 Å². The average molecular weight is 368 g/mol. The molecule has 0 radical (unpaired) electrons. The number of phenols is 1. The maximum atomic E-state index is 13.6. The number of alkyl halides is 1. The molecule has 0 atom stereocenters. The minimum Gasteiger partial charge on any atom is -0.503 e. The highest BCUT2D eigenvalue weighted by atomic mass is 79.9. The summed E-state index contributed by atoms with van der Waals surface area (Å²) in [4.78, 5) is 11.8. The fourth-order valence-electron chi connectivity index (χ4n) is 1.80. The number of halogens is 4. The molecular weight excluding hydrogens is 351 g/mol. The molecule has 1 amide bonds. The molecule has 0 bridgehead atoms. The van der Waals surface area contributed by atoms with E-state index < -0.39 is 34.7 Å². The zero-order valence-electron chi connectivity index (χ0n) is 11.8. The number of benzene rings is 1. The molecule has 118 valence electrons. The van der Waals surface area contributed by atoms with Crippen LogP contribution in [0.15, 0.2) is 6.07 Å². The minimum absolute atomic E-state index is 0.222. The summed E-state index contributed by atoms with van der Waals surface area (Å²) in [6, 6.07) is 0.436. The molecule has 2 N–H and O–H groups in total. The van der Waals surface area contributed by atoms with Crippen molar-refractivity contribution in [1.82, 2.24) is 5.32 Å². The van der Waals surface area contributed by atoms with E-state index in [9.17, 15) is 18.0 Å². The summed E-state index contributed by atoms with van der Waals surface area (Å²) < 4.78 is 39.7. The van der Waals surface area contributed by atoms with Gasteiger partial charge >= 0.3 is 0 Å². The Hall–Kier alpha value is -1.24. The number of amides is 1. The Morgan fingerprint density at radius 2 is 1.95 bits per heavy atom. The number of carbonyl (C=O) groups excluding carboxylic acids is 1. The number of hydrogen-bond acceptors (Lipinski definition) is 2. The van der Waals surface area contributed by atoms with Crippen LogP contribution in [0.25, 0.3) is 0 Å². The Balaban J connectivity index is 2.82. The minimum atomic E-state index is -1.71. The van der Waals surface area contributed by atoms with E-state index in [0.29, 0.717) is 6.07 Å². The molecule has 7 heteroatoms. The summed E-state index contributed by atoms with van der Waals surface area (Å²) in [6.45, 7) is 4.10. The van der Waals surface area contributed by atoms with Gasteiger partial charge in [-0.05, 0) is 24.3 Å². The third-order valence-corrected chi connectivity index (χ3v) is 3.65. The van der Waals surface area contributed by atoms with Crippen molar-refractivity contribution in [3.05, 3.63) is 29.1 Å². The molecule has 0 aromatic heterocycles. The van der Waals surface area contributed by atoms with Crippen molar-refractivity contribution in [1.29, 1.82) is 0 Å². The molecule has 3 nitrogen and oxygen atoms in total. The maximum Gasteiger partial charge on any atom is 0.254 e. The van der Waals surface area contributed by atoms with Crippen molar-refractivity contribution in [3.8, 4) is 5.75 Å². The van der Waals surface area contributed by atoms with Crippen molar-refractivity contribution in [3.63, 3.8) is 0 Å². The SMILES string of the molecule is CC(C)(CCCBr)CNC(=O)c1cc(F)c(F)c(O)c1F. The van der Waals surface area contributed by atoms with Gasteiger partial charge < -0.3 is 10.4 Å². The van der Waals surface area contributed by atoms with Crippen LogP contribution in [0.2, 0.25) is 0 Å². The third-order valence-electron chi connectivity index (χ3n) is 3.09. The van der Waals surface area contributed by atoms with Gasteiger partial charge in [-0.15, -0.1) is 0 Å². The van der Waals surface area contributed by atoms with Crippen molar-refractivity contribution < 1.29 is 23.1 Å². The van der Waals surface area contributed by atoms with E-state index in [1.165, 1.54) is 0 Å². The molecule has 0 spiro atoms. The molecule has 0 saturated carbocycles. The van der Waals surface area contributed by atoms with Crippen LogP contribution in [0.5, 0.6) is 5.75 Å². The van der Waals surface area contributed by atoms with Gasteiger partial charge in [-0.2, -0.15) is 4.39 Å². The van der Waals surface area contributed by atoms with Gasteiger partial charge in [-0.1, -0.05) is 29.8 Å². The Morgan fingerprint density at radius 3 is 2.52 bits per heavy atom. The molecule has 0 aliphatic heterocycles. The number of rotatable bonds is 6. The number of nitrogens with one attached hydrogen (secondary N) is 1. The highest BCUT2D eigenvalue weighted by Gasteiger charge is 2.24. The summed E-state index contributed by atoms with van der Waals surface area (Å²) >= 11 is 3.31. The fourth-order valence-corrected chi connectivity index (χ4v) is 2.08. The largest absolute Gasteiger partial charge is 0.503 e. The van der Waals surface area contributed by atoms with Gasteiger partial charge in [-0.3, -0.25) is 4.79 Å². The molecule has 0 saturated heterocycles. The maximum absolute atomic E-state index is 13.6. The lowest BCUT2D eigenvalue weighted by Gasteiger charge is -2.24. The molecule has 0 unspecified atom stereocenters. The second-order valence-corrected chi connectivity index (χ2v) is 6.31. The van der Waals surface area contributed by atoms with E-state index in [4.69, 9.17) is 5.11 Å². The molecule has 1 aromatic rings. The number of carbonyl (C=O) groups is 1. The van der Waals surface area contributed by atoms with Crippen molar-refractivity contribution in [2.24, 2.45) is 5.41 Å². The van der Waals surface area contributed by atoms with Crippen LogP contribution in [-0.4, -0.2) is 22.9 Å². The van der Waals surface area contributed by atoms with Crippen LogP contribution in [0, 0.1) is 22.9 Å². The van der Waals surface area contributed by atoms with Gasteiger partial charge in [0.2, 0.25) is 5.82 Å². The lowest BCUT2D eigenvalue weighted by atomic mass is 9.88. The second kappa shape index (κ2) is 7.15. The molecule has 0 heterocycles. The van der Waals surface area contributed by atoms with Crippen LogP contribution in [0.3, 0.4) is 0 Å². The smallest absolute Gasteiger partial charge is 0.254 e. The summed E-state index contributed by atoms with van der Waals surface area (Å²) in [6.07, 6.45) is 1.73.